The Kier molecular flexibility index (Phi) is 7.14. The van der Waals surface area contributed by atoms with E-state index < -0.39 is 0 Å². The number of carbonyl (C=O) groups excluding carboxylic acids is 1. The molecular weight excluding hydrogens is 464 g/mol. The van der Waals surface area contributed by atoms with Crippen LogP contribution in [0.3, 0.4) is 0 Å². The minimum Gasteiger partial charge on any atom is -0.497 e. The van der Waals surface area contributed by atoms with Gasteiger partial charge in [-0.1, -0.05) is 47.6 Å². The number of thiophene rings is 1. The monoisotopic (exact) mass is 484 g/mol. The molecule has 0 aliphatic rings. The maximum Gasteiger partial charge on any atom is 0.261 e. The van der Waals surface area contributed by atoms with E-state index in [4.69, 9.17) is 16.3 Å². The van der Waals surface area contributed by atoms with Gasteiger partial charge in [0.2, 0.25) is 0 Å². The van der Waals surface area contributed by atoms with Gasteiger partial charge in [0.25, 0.3) is 5.91 Å². The van der Waals surface area contributed by atoms with E-state index in [0.29, 0.717) is 21.5 Å². The molecule has 2 aromatic heterocycles. The summed E-state index contributed by atoms with van der Waals surface area (Å²) in [5.41, 5.74) is 3.03. The highest BCUT2D eigenvalue weighted by molar-refractivity contribution is 7.98. The Balaban J connectivity index is 1.62. The van der Waals surface area contributed by atoms with Gasteiger partial charge in [0, 0.05) is 10.8 Å². The molecule has 4 aromatic rings. The molecule has 0 aliphatic heterocycles. The van der Waals surface area contributed by atoms with E-state index in [1.54, 1.807) is 24.9 Å². The Morgan fingerprint density at radius 2 is 2.06 bits per heavy atom. The number of aryl methyl sites for hydroxylation is 1. The van der Waals surface area contributed by atoms with Crippen LogP contribution in [0.15, 0.2) is 65.1 Å². The van der Waals surface area contributed by atoms with Crippen molar-refractivity contribution >= 4 is 40.6 Å². The molecule has 0 radical (unpaired) electrons. The first-order valence-electron chi connectivity index (χ1n) is 9.83. The first-order chi connectivity index (χ1) is 15.5. The van der Waals surface area contributed by atoms with Crippen LogP contribution in [0.25, 0.3) is 5.69 Å². The van der Waals surface area contributed by atoms with Crippen molar-refractivity contribution in [3.63, 3.8) is 0 Å². The van der Waals surface area contributed by atoms with Crippen LogP contribution in [-0.4, -0.2) is 27.8 Å². The van der Waals surface area contributed by atoms with Gasteiger partial charge in [-0.2, -0.15) is 0 Å². The lowest BCUT2D eigenvalue weighted by Gasteiger charge is -2.14. The highest BCUT2D eigenvalue weighted by Gasteiger charge is 2.18. The lowest BCUT2D eigenvalue weighted by atomic mass is 10.2. The molecule has 164 valence electrons. The Morgan fingerprint density at radius 1 is 1.19 bits per heavy atom. The number of amides is 1. The zero-order valence-electron chi connectivity index (χ0n) is 17.5. The summed E-state index contributed by atoms with van der Waals surface area (Å²) in [4.78, 5) is 13.1. The molecule has 1 amide bonds. The minimum atomic E-state index is -0.136. The van der Waals surface area contributed by atoms with E-state index in [2.05, 4.69) is 15.5 Å². The van der Waals surface area contributed by atoms with Crippen LogP contribution in [0, 0.1) is 6.92 Å². The van der Waals surface area contributed by atoms with Gasteiger partial charge in [-0.05, 0) is 53.8 Å². The number of ether oxygens (including phenoxy) is 1. The molecule has 0 atom stereocenters. The lowest BCUT2D eigenvalue weighted by Crippen LogP contribution is -2.24. The standard InChI is InChI=1S/C23H21ClN4O2S2/c1-15-8-9-17(24)12-19(15)28-21(13-25-22(29)20-7-4-10-31-20)26-27-23(28)32-14-16-5-3-6-18(11-16)30-2/h3-12H,13-14H2,1-2H3,(H,25,29). The summed E-state index contributed by atoms with van der Waals surface area (Å²) in [6.45, 7) is 2.26. The Morgan fingerprint density at radius 3 is 2.84 bits per heavy atom. The second kappa shape index (κ2) is 10.2. The fourth-order valence-corrected chi connectivity index (χ4v) is 4.85. The van der Waals surface area contributed by atoms with Gasteiger partial charge in [0.05, 0.1) is 24.2 Å². The third-order valence-electron chi connectivity index (χ3n) is 4.77. The van der Waals surface area contributed by atoms with Gasteiger partial charge in [0.15, 0.2) is 11.0 Å². The fraction of sp³-hybridized carbons (Fsp3) is 0.174. The molecule has 4 rings (SSSR count). The molecule has 2 aromatic carbocycles. The second-order valence-electron chi connectivity index (χ2n) is 6.97. The van der Waals surface area contributed by atoms with Crippen LogP contribution in [0.2, 0.25) is 5.02 Å². The largest absolute Gasteiger partial charge is 0.497 e. The average molecular weight is 485 g/mol. The zero-order valence-corrected chi connectivity index (χ0v) is 19.9. The summed E-state index contributed by atoms with van der Waals surface area (Å²) in [5.74, 6) is 2.00. The third kappa shape index (κ3) is 5.15. The Hall–Kier alpha value is -2.81. The Bertz CT molecular complexity index is 1220. The van der Waals surface area contributed by atoms with Crippen LogP contribution in [0.1, 0.15) is 26.6 Å². The Labute approximate surface area is 199 Å². The molecule has 0 aliphatic carbocycles. The van der Waals surface area contributed by atoms with Crippen LogP contribution in [-0.2, 0) is 12.3 Å². The topological polar surface area (TPSA) is 69.0 Å². The smallest absolute Gasteiger partial charge is 0.261 e. The number of benzene rings is 2. The van der Waals surface area contributed by atoms with E-state index in [1.807, 2.05) is 65.4 Å². The van der Waals surface area contributed by atoms with Gasteiger partial charge >= 0.3 is 0 Å². The molecule has 6 nitrogen and oxygen atoms in total. The number of nitrogens with zero attached hydrogens (tertiary/aromatic N) is 3. The van der Waals surface area contributed by atoms with Crippen molar-refractivity contribution in [3.05, 3.63) is 86.8 Å². The number of methoxy groups -OCH3 is 1. The highest BCUT2D eigenvalue weighted by atomic mass is 35.5. The van der Waals surface area contributed by atoms with E-state index in [1.165, 1.54) is 11.3 Å². The molecule has 0 saturated carbocycles. The summed E-state index contributed by atoms with van der Waals surface area (Å²) in [5, 5.41) is 14.9. The van der Waals surface area contributed by atoms with Crippen molar-refractivity contribution in [2.24, 2.45) is 0 Å². The number of hydrogen-bond acceptors (Lipinski definition) is 6. The van der Waals surface area contributed by atoms with Gasteiger partial charge in [-0.25, -0.2) is 0 Å². The average Bonchev–Trinajstić information content (AvgIpc) is 3.48. The zero-order chi connectivity index (χ0) is 22.5. The van der Waals surface area contributed by atoms with E-state index in [9.17, 15) is 4.79 Å². The first kappa shape index (κ1) is 22.4. The van der Waals surface area contributed by atoms with Gasteiger partial charge in [0.1, 0.15) is 5.75 Å². The van der Waals surface area contributed by atoms with Crippen molar-refractivity contribution in [3.8, 4) is 11.4 Å². The SMILES string of the molecule is COc1cccc(CSc2nnc(CNC(=O)c3cccs3)n2-c2cc(Cl)ccc2C)c1. The van der Waals surface area contributed by atoms with Crippen molar-refractivity contribution in [1.29, 1.82) is 0 Å². The van der Waals surface area contributed by atoms with Crippen molar-refractivity contribution in [2.75, 3.05) is 7.11 Å². The number of thioether (sulfide) groups is 1. The number of rotatable bonds is 8. The second-order valence-corrected chi connectivity index (χ2v) is 9.29. The maximum absolute atomic E-state index is 12.4. The van der Waals surface area contributed by atoms with Crippen LogP contribution in [0.5, 0.6) is 5.75 Å². The highest BCUT2D eigenvalue weighted by Crippen LogP contribution is 2.29. The van der Waals surface area contributed by atoms with Crippen LogP contribution < -0.4 is 10.1 Å². The number of nitrogens with one attached hydrogen (secondary N) is 1. The molecule has 9 heteroatoms. The molecule has 0 bridgehead atoms. The van der Waals surface area contributed by atoms with Crippen molar-refractivity contribution < 1.29 is 9.53 Å². The molecule has 0 fully saturated rings. The number of aromatic nitrogens is 3. The number of hydrogen-bond donors (Lipinski definition) is 1. The van der Waals surface area contributed by atoms with Gasteiger partial charge in [-0.15, -0.1) is 21.5 Å². The predicted octanol–water partition coefficient (Wildman–Crippen LogP) is 5.52. The third-order valence-corrected chi connectivity index (χ3v) is 6.87. The molecule has 0 spiro atoms. The summed E-state index contributed by atoms with van der Waals surface area (Å²) < 4.78 is 7.28. The first-order valence-corrected chi connectivity index (χ1v) is 12.1. The quantitative estimate of drug-likeness (QED) is 0.333. The number of carbonyl (C=O) groups is 1. The normalized spacial score (nSPS) is 10.8. The molecular formula is C23H21ClN4O2S2. The molecule has 1 N–H and O–H groups in total. The van der Waals surface area contributed by atoms with E-state index in [-0.39, 0.29) is 12.5 Å². The predicted molar refractivity (Wildman–Crippen MR) is 129 cm³/mol. The molecule has 0 saturated heterocycles. The summed E-state index contributed by atoms with van der Waals surface area (Å²) in [6.07, 6.45) is 0. The molecule has 32 heavy (non-hydrogen) atoms. The molecule has 2 heterocycles. The summed E-state index contributed by atoms with van der Waals surface area (Å²) in [7, 11) is 1.65. The fourth-order valence-electron chi connectivity index (χ4n) is 3.14. The minimum absolute atomic E-state index is 0.136. The van der Waals surface area contributed by atoms with E-state index in [0.717, 1.165) is 27.7 Å². The van der Waals surface area contributed by atoms with Crippen LogP contribution >= 0.6 is 34.7 Å². The van der Waals surface area contributed by atoms with Crippen molar-refractivity contribution in [2.45, 2.75) is 24.4 Å². The number of halogens is 1. The summed E-state index contributed by atoms with van der Waals surface area (Å²) in [6, 6.07) is 17.3. The summed E-state index contributed by atoms with van der Waals surface area (Å²) >= 11 is 9.26. The lowest BCUT2D eigenvalue weighted by molar-refractivity contribution is 0.0953. The molecule has 0 unspecified atom stereocenters. The maximum atomic E-state index is 12.4. The van der Waals surface area contributed by atoms with Crippen LogP contribution in [0.4, 0.5) is 0 Å². The van der Waals surface area contributed by atoms with E-state index >= 15 is 0 Å². The van der Waals surface area contributed by atoms with Crippen molar-refractivity contribution in [1.82, 2.24) is 20.1 Å². The van der Waals surface area contributed by atoms with Gasteiger partial charge in [-0.3, -0.25) is 9.36 Å². The van der Waals surface area contributed by atoms with Gasteiger partial charge < -0.3 is 10.1 Å².